The van der Waals surface area contributed by atoms with E-state index in [-0.39, 0.29) is 23.2 Å². The maximum absolute atomic E-state index is 11.4. The molecule has 0 aliphatic carbocycles. The summed E-state index contributed by atoms with van der Waals surface area (Å²) in [6.45, 7) is 9.00. The highest BCUT2D eigenvalue weighted by Gasteiger charge is 2.16. The maximum Gasteiger partial charge on any atom is 0.233 e. The first kappa shape index (κ1) is 13.8. The minimum atomic E-state index is -0.228. The third-order valence-corrected chi connectivity index (χ3v) is 2.58. The van der Waals surface area contributed by atoms with E-state index in [1.54, 1.807) is 0 Å². The van der Waals surface area contributed by atoms with Crippen molar-refractivity contribution in [1.29, 1.82) is 0 Å². The van der Waals surface area contributed by atoms with E-state index in [0.717, 1.165) is 0 Å². The Kier molecular flexibility index (Phi) is 7.01. The lowest BCUT2D eigenvalue weighted by atomic mass is 10.1. The number of thiol groups is 1. The zero-order chi connectivity index (χ0) is 11.1. The molecule has 0 radical (unpaired) electrons. The third-order valence-electron chi connectivity index (χ3n) is 1.75. The third kappa shape index (κ3) is 6.27. The molecule has 0 saturated heterocycles. The van der Waals surface area contributed by atoms with Crippen molar-refractivity contribution in [3.8, 4) is 0 Å². The summed E-state index contributed by atoms with van der Waals surface area (Å²) in [7, 11) is 0. The number of amides is 1. The Labute approximate surface area is 92.0 Å². The summed E-state index contributed by atoms with van der Waals surface area (Å²) >= 11 is 4.21. The van der Waals surface area contributed by atoms with Gasteiger partial charge in [0.15, 0.2) is 0 Å². The Morgan fingerprint density at radius 3 is 2.36 bits per heavy atom. The standard InChI is InChI=1S/C10H21NO2S/c1-7(2)9(14)10(12)11-5-6-13-8(3)4/h7-9,14H,5-6H2,1-4H3,(H,11,12). The first-order valence-electron chi connectivity index (χ1n) is 5.02. The Hall–Kier alpha value is -0.220. The van der Waals surface area contributed by atoms with Crippen LogP contribution >= 0.6 is 12.6 Å². The van der Waals surface area contributed by atoms with Gasteiger partial charge in [0.2, 0.25) is 5.91 Å². The summed E-state index contributed by atoms with van der Waals surface area (Å²) in [5.41, 5.74) is 0. The van der Waals surface area contributed by atoms with Gasteiger partial charge in [0.1, 0.15) is 0 Å². The van der Waals surface area contributed by atoms with E-state index in [1.807, 2.05) is 27.7 Å². The molecule has 4 heteroatoms. The van der Waals surface area contributed by atoms with Crippen LogP contribution in [0.2, 0.25) is 0 Å². The smallest absolute Gasteiger partial charge is 0.233 e. The highest BCUT2D eigenvalue weighted by molar-refractivity contribution is 7.81. The molecule has 0 fully saturated rings. The normalized spacial score (nSPS) is 13.4. The maximum atomic E-state index is 11.4. The zero-order valence-corrected chi connectivity index (χ0v) is 10.3. The van der Waals surface area contributed by atoms with Crippen LogP contribution < -0.4 is 5.32 Å². The van der Waals surface area contributed by atoms with Gasteiger partial charge in [0, 0.05) is 6.54 Å². The van der Waals surface area contributed by atoms with Crippen molar-refractivity contribution < 1.29 is 9.53 Å². The predicted molar refractivity (Wildman–Crippen MR) is 61.7 cm³/mol. The fourth-order valence-corrected chi connectivity index (χ4v) is 0.967. The van der Waals surface area contributed by atoms with E-state index < -0.39 is 0 Å². The number of nitrogens with one attached hydrogen (secondary N) is 1. The van der Waals surface area contributed by atoms with E-state index in [0.29, 0.717) is 13.2 Å². The molecule has 3 nitrogen and oxygen atoms in total. The number of hydrogen-bond donors (Lipinski definition) is 2. The Morgan fingerprint density at radius 2 is 1.93 bits per heavy atom. The molecule has 1 amide bonds. The van der Waals surface area contributed by atoms with Crippen molar-refractivity contribution in [3.05, 3.63) is 0 Å². The van der Waals surface area contributed by atoms with E-state index in [9.17, 15) is 4.79 Å². The lowest BCUT2D eigenvalue weighted by Crippen LogP contribution is -2.36. The van der Waals surface area contributed by atoms with Gasteiger partial charge in [-0.05, 0) is 19.8 Å². The molecule has 0 bridgehead atoms. The van der Waals surface area contributed by atoms with Crippen LogP contribution in [0.4, 0.5) is 0 Å². The van der Waals surface area contributed by atoms with Gasteiger partial charge in [-0.15, -0.1) is 0 Å². The van der Waals surface area contributed by atoms with Gasteiger partial charge < -0.3 is 10.1 Å². The summed E-state index contributed by atoms with van der Waals surface area (Å²) in [6, 6.07) is 0. The average molecular weight is 219 g/mol. The van der Waals surface area contributed by atoms with Crippen molar-refractivity contribution in [1.82, 2.24) is 5.32 Å². The summed E-state index contributed by atoms with van der Waals surface area (Å²) in [5.74, 6) is 0.236. The monoisotopic (exact) mass is 219 g/mol. The number of rotatable bonds is 6. The summed E-state index contributed by atoms with van der Waals surface area (Å²) in [5, 5.41) is 2.55. The second-order valence-corrected chi connectivity index (χ2v) is 4.46. The molecule has 1 atom stereocenters. The van der Waals surface area contributed by atoms with Gasteiger partial charge in [-0.25, -0.2) is 0 Å². The Balaban J connectivity index is 3.54. The van der Waals surface area contributed by atoms with Gasteiger partial charge in [0.25, 0.3) is 0 Å². The molecule has 84 valence electrons. The molecule has 1 unspecified atom stereocenters. The van der Waals surface area contributed by atoms with Crippen LogP contribution in [-0.4, -0.2) is 30.4 Å². The lowest BCUT2D eigenvalue weighted by Gasteiger charge is -2.15. The van der Waals surface area contributed by atoms with Crippen molar-refractivity contribution in [2.75, 3.05) is 13.2 Å². The topological polar surface area (TPSA) is 38.3 Å². The van der Waals surface area contributed by atoms with Crippen molar-refractivity contribution in [2.24, 2.45) is 5.92 Å². The van der Waals surface area contributed by atoms with Crippen molar-refractivity contribution >= 4 is 18.5 Å². The highest BCUT2D eigenvalue weighted by atomic mass is 32.1. The van der Waals surface area contributed by atoms with Crippen molar-refractivity contribution in [2.45, 2.75) is 39.0 Å². The summed E-state index contributed by atoms with van der Waals surface area (Å²) < 4.78 is 5.29. The molecule has 0 rings (SSSR count). The number of ether oxygens (including phenoxy) is 1. The molecule has 0 aliphatic heterocycles. The first-order valence-corrected chi connectivity index (χ1v) is 5.54. The fraction of sp³-hybridized carbons (Fsp3) is 0.900. The van der Waals surface area contributed by atoms with E-state index >= 15 is 0 Å². The van der Waals surface area contributed by atoms with Crippen LogP contribution in [0, 0.1) is 5.92 Å². The van der Waals surface area contributed by atoms with E-state index in [4.69, 9.17) is 4.74 Å². The molecule has 0 saturated carbocycles. The van der Waals surface area contributed by atoms with Crippen LogP contribution in [0.3, 0.4) is 0 Å². The molecule has 0 aliphatic rings. The second kappa shape index (κ2) is 7.12. The molecule has 14 heavy (non-hydrogen) atoms. The van der Waals surface area contributed by atoms with Gasteiger partial charge in [0.05, 0.1) is 18.0 Å². The average Bonchev–Trinajstić information content (AvgIpc) is 2.10. The van der Waals surface area contributed by atoms with Crippen LogP contribution in [0.25, 0.3) is 0 Å². The van der Waals surface area contributed by atoms with Gasteiger partial charge in [-0.1, -0.05) is 13.8 Å². The first-order chi connectivity index (χ1) is 6.45. The van der Waals surface area contributed by atoms with Gasteiger partial charge >= 0.3 is 0 Å². The molecular weight excluding hydrogens is 198 g/mol. The van der Waals surface area contributed by atoms with Gasteiger partial charge in [-0.2, -0.15) is 12.6 Å². The quantitative estimate of drug-likeness (QED) is 0.524. The Bertz CT molecular complexity index is 172. The van der Waals surface area contributed by atoms with Crippen LogP contribution in [0.15, 0.2) is 0 Å². The van der Waals surface area contributed by atoms with Crippen molar-refractivity contribution in [3.63, 3.8) is 0 Å². The summed E-state index contributed by atoms with van der Waals surface area (Å²) in [4.78, 5) is 11.4. The fourth-order valence-electron chi connectivity index (χ4n) is 0.876. The van der Waals surface area contributed by atoms with Crippen LogP contribution in [-0.2, 0) is 9.53 Å². The molecular formula is C10H21NO2S. The molecule has 0 aromatic heterocycles. The lowest BCUT2D eigenvalue weighted by molar-refractivity contribution is -0.121. The molecule has 0 aromatic rings. The van der Waals surface area contributed by atoms with Crippen LogP contribution in [0.5, 0.6) is 0 Å². The minimum Gasteiger partial charge on any atom is -0.377 e. The summed E-state index contributed by atoms with van der Waals surface area (Å²) in [6.07, 6.45) is 0.212. The molecule has 0 spiro atoms. The highest BCUT2D eigenvalue weighted by Crippen LogP contribution is 2.08. The van der Waals surface area contributed by atoms with E-state index in [1.165, 1.54) is 0 Å². The number of carbonyl (C=O) groups is 1. The number of hydrogen-bond acceptors (Lipinski definition) is 3. The number of carbonyl (C=O) groups excluding carboxylic acids is 1. The van der Waals surface area contributed by atoms with Crippen LogP contribution in [0.1, 0.15) is 27.7 Å². The minimum absolute atomic E-state index is 0.0179. The second-order valence-electron chi connectivity index (χ2n) is 3.90. The largest absolute Gasteiger partial charge is 0.377 e. The Morgan fingerprint density at radius 1 is 1.36 bits per heavy atom. The predicted octanol–water partition coefficient (Wildman–Crippen LogP) is 1.48. The zero-order valence-electron chi connectivity index (χ0n) is 9.41. The van der Waals surface area contributed by atoms with E-state index in [2.05, 4.69) is 17.9 Å². The van der Waals surface area contributed by atoms with Gasteiger partial charge in [-0.3, -0.25) is 4.79 Å². The molecule has 0 aromatic carbocycles. The molecule has 1 N–H and O–H groups in total. The molecule has 0 heterocycles. The SMILES string of the molecule is CC(C)OCCNC(=O)C(S)C(C)C.